The highest BCUT2D eigenvalue weighted by Crippen LogP contribution is 2.21. The van der Waals surface area contributed by atoms with E-state index in [0.29, 0.717) is 32.2 Å². The summed E-state index contributed by atoms with van der Waals surface area (Å²) in [6, 6.07) is -0.432. The molecule has 5 nitrogen and oxygen atoms in total. The van der Waals surface area contributed by atoms with Crippen molar-refractivity contribution >= 4 is 12.0 Å². The van der Waals surface area contributed by atoms with Crippen molar-refractivity contribution in [3.8, 4) is 0 Å². The highest BCUT2D eigenvalue weighted by atomic mass is 19.1. The Morgan fingerprint density at radius 3 is 2.69 bits per heavy atom. The molecule has 0 radical (unpaired) electrons. The van der Waals surface area contributed by atoms with E-state index in [1.54, 1.807) is 0 Å². The van der Waals surface area contributed by atoms with Crippen molar-refractivity contribution < 1.29 is 19.1 Å². The lowest BCUT2D eigenvalue weighted by atomic mass is 10.2. The average Bonchev–Trinajstić information content (AvgIpc) is 2.58. The minimum absolute atomic E-state index is 0.0380. The molecule has 2 unspecified atom stereocenters. The fraction of sp³-hybridized carbons (Fsp3) is 0.800. The standard InChI is InChI=1S/C10H17FN2O3/c11-7-3-4-8(6-7)13-10(16)12-5-1-2-9(14)15/h7-8H,1-6H2,(H,14,15)(H2,12,13,16). The summed E-state index contributed by atoms with van der Waals surface area (Å²) in [4.78, 5) is 21.4. The molecule has 0 spiro atoms. The quantitative estimate of drug-likeness (QED) is 0.620. The largest absolute Gasteiger partial charge is 0.481 e. The van der Waals surface area contributed by atoms with E-state index in [1.807, 2.05) is 0 Å². The Hall–Kier alpha value is -1.33. The number of amides is 2. The van der Waals surface area contributed by atoms with Gasteiger partial charge >= 0.3 is 12.0 Å². The van der Waals surface area contributed by atoms with Gasteiger partial charge in [0.1, 0.15) is 6.17 Å². The van der Waals surface area contributed by atoms with E-state index in [2.05, 4.69) is 10.6 Å². The molecule has 0 aliphatic heterocycles. The van der Waals surface area contributed by atoms with E-state index >= 15 is 0 Å². The number of rotatable bonds is 5. The minimum Gasteiger partial charge on any atom is -0.481 e. The second-order valence-corrected chi connectivity index (χ2v) is 4.00. The minimum atomic E-state index is -0.877. The van der Waals surface area contributed by atoms with E-state index in [4.69, 9.17) is 5.11 Å². The summed E-state index contributed by atoms with van der Waals surface area (Å²) in [5, 5.41) is 13.6. The van der Waals surface area contributed by atoms with Crippen LogP contribution in [0.15, 0.2) is 0 Å². The van der Waals surface area contributed by atoms with Crippen molar-refractivity contribution in [2.24, 2.45) is 0 Å². The van der Waals surface area contributed by atoms with Crippen LogP contribution in [0.25, 0.3) is 0 Å². The molecule has 0 bridgehead atoms. The van der Waals surface area contributed by atoms with Crippen LogP contribution < -0.4 is 10.6 Å². The van der Waals surface area contributed by atoms with Gasteiger partial charge in [0.2, 0.25) is 0 Å². The summed E-state index contributed by atoms with van der Waals surface area (Å²) < 4.78 is 12.8. The molecular weight excluding hydrogens is 215 g/mol. The van der Waals surface area contributed by atoms with Crippen molar-refractivity contribution in [1.82, 2.24) is 10.6 Å². The first kappa shape index (κ1) is 12.7. The fourth-order valence-electron chi connectivity index (χ4n) is 1.74. The van der Waals surface area contributed by atoms with Gasteiger partial charge in [0.15, 0.2) is 0 Å². The van der Waals surface area contributed by atoms with Gasteiger partial charge in [-0.2, -0.15) is 0 Å². The van der Waals surface area contributed by atoms with Crippen LogP contribution in [0.1, 0.15) is 32.1 Å². The van der Waals surface area contributed by atoms with Gasteiger partial charge < -0.3 is 15.7 Å². The number of halogens is 1. The first-order valence-corrected chi connectivity index (χ1v) is 5.48. The molecule has 3 N–H and O–H groups in total. The zero-order valence-electron chi connectivity index (χ0n) is 9.04. The van der Waals surface area contributed by atoms with Crippen LogP contribution in [0.4, 0.5) is 9.18 Å². The SMILES string of the molecule is O=C(O)CCCNC(=O)NC1CCC(F)C1. The topological polar surface area (TPSA) is 78.4 Å². The number of aliphatic carboxylic acids is 1. The predicted octanol–water partition coefficient (Wildman–Crippen LogP) is 1.04. The summed E-state index contributed by atoms with van der Waals surface area (Å²) in [5.41, 5.74) is 0. The molecule has 1 saturated carbocycles. The van der Waals surface area contributed by atoms with Crippen molar-refractivity contribution in [2.45, 2.75) is 44.3 Å². The Morgan fingerprint density at radius 2 is 2.12 bits per heavy atom. The molecule has 2 amide bonds. The monoisotopic (exact) mass is 232 g/mol. The molecule has 16 heavy (non-hydrogen) atoms. The van der Waals surface area contributed by atoms with Crippen LogP contribution in [-0.2, 0) is 4.79 Å². The Kier molecular flexibility index (Phi) is 5.01. The van der Waals surface area contributed by atoms with Crippen molar-refractivity contribution in [2.75, 3.05) is 6.54 Å². The molecular formula is C10H17FN2O3. The summed E-state index contributed by atoms with van der Waals surface area (Å²) in [5.74, 6) is -0.877. The smallest absolute Gasteiger partial charge is 0.315 e. The maximum Gasteiger partial charge on any atom is 0.315 e. The summed E-state index contributed by atoms with van der Waals surface area (Å²) >= 11 is 0. The van der Waals surface area contributed by atoms with Crippen LogP contribution in [0, 0.1) is 0 Å². The van der Waals surface area contributed by atoms with Gasteiger partial charge in [0.05, 0.1) is 0 Å². The lowest BCUT2D eigenvalue weighted by Gasteiger charge is -2.12. The molecule has 0 aromatic rings. The number of carboxylic acids is 1. The third-order valence-corrected chi connectivity index (χ3v) is 2.56. The third kappa shape index (κ3) is 4.95. The zero-order valence-corrected chi connectivity index (χ0v) is 9.04. The van der Waals surface area contributed by atoms with Crippen LogP contribution in [0.5, 0.6) is 0 Å². The predicted molar refractivity (Wildman–Crippen MR) is 55.9 cm³/mol. The number of urea groups is 1. The van der Waals surface area contributed by atoms with E-state index in [-0.39, 0.29) is 18.5 Å². The Labute approximate surface area is 93.4 Å². The molecule has 2 atom stereocenters. The molecule has 0 aromatic carbocycles. The molecule has 1 rings (SSSR count). The normalized spacial score (nSPS) is 24.1. The molecule has 0 aromatic heterocycles. The van der Waals surface area contributed by atoms with Crippen LogP contribution in [0.3, 0.4) is 0 Å². The molecule has 0 saturated heterocycles. The number of hydrogen-bond donors (Lipinski definition) is 3. The lowest BCUT2D eigenvalue weighted by Crippen LogP contribution is -2.41. The molecule has 0 heterocycles. The van der Waals surface area contributed by atoms with Gasteiger partial charge in [-0.3, -0.25) is 4.79 Å². The average molecular weight is 232 g/mol. The van der Waals surface area contributed by atoms with Gasteiger partial charge in [0.25, 0.3) is 0 Å². The number of nitrogens with one attached hydrogen (secondary N) is 2. The van der Waals surface area contributed by atoms with Gasteiger partial charge in [-0.15, -0.1) is 0 Å². The van der Waals surface area contributed by atoms with Crippen LogP contribution >= 0.6 is 0 Å². The summed E-state index contributed by atoms with van der Waals surface area (Å²) in [6.45, 7) is 0.323. The second kappa shape index (κ2) is 6.30. The zero-order chi connectivity index (χ0) is 12.0. The van der Waals surface area contributed by atoms with Crippen molar-refractivity contribution in [3.63, 3.8) is 0 Å². The van der Waals surface area contributed by atoms with Gasteiger partial charge in [-0.1, -0.05) is 0 Å². The Bertz CT molecular complexity index is 260. The highest BCUT2D eigenvalue weighted by Gasteiger charge is 2.25. The number of hydrogen-bond acceptors (Lipinski definition) is 2. The lowest BCUT2D eigenvalue weighted by molar-refractivity contribution is -0.137. The highest BCUT2D eigenvalue weighted by molar-refractivity contribution is 5.74. The Balaban J connectivity index is 2.05. The maximum absolute atomic E-state index is 12.8. The molecule has 92 valence electrons. The molecule has 1 fully saturated rings. The number of carbonyl (C=O) groups excluding carboxylic acids is 1. The molecule has 6 heteroatoms. The summed E-state index contributed by atoms with van der Waals surface area (Å²) in [7, 11) is 0. The van der Waals surface area contributed by atoms with E-state index < -0.39 is 12.1 Å². The van der Waals surface area contributed by atoms with Gasteiger partial charge in [0, 0.05) is 19.0 Å². The number of alkyl halides is 1. The first-order chi connectivity index (χ1) is 7.58. The van der Waals surface area contributed by atoms with E-state index in [9.17, 15) is 14.0 Å². The van der Waals surface area contributed by atoms with E-state index in [1.165, 1.54) is 0 Å². The van der Waals surface area contributed by atoms with Crippen LogP contribution in [0.2, 0.25) is 0 Å². The molecule has 1 aliphatic carbocycles. The third-order valence-electron chi connectivity index (χ3n) is 2.56. The van der Waals surface area contributed by atoms with Gasteiger partial charge in [-0.05, 0) is 25.7 Å². The first-order valence-electron chi connectivity index (χ1n) is 5.48. The Morgan fingerprint density at radius 1 is 1.38 bits per heavy atom. The van der Waals surface area contributed by atoms with Gasteiger partial charge in [-0.25, -0.2) is 9.18 Å². The van der Waals surface area contributed by atoms with Crippen LogP contribution in [-0.4, -0.2) is 35.9 Å². The summed E-state index contributed by atoms with van der Waals surface area (Å²) in [6.07, 6.45) is 1.18. The van der Waals surface area contributed by atoms with E-state index in [0.717, 1.165) is 0 Å². The fourth-order valence-corrected chi connectivity index (χ4v) is 1.74. The maximum atomic E-state index is 12.8. The second-order valence-electron chi connectivity index (χ2n) is 4.00. The molecule has 1 aliphatic rings. The van der Waals surface area contributed by atoms with Crippen molar-refractivity contribution in [3.05, 3.63) is 0 Å². The number of carboxylic acid groups (broad SMARTS) is 1. The van der Waals surface area contributed by atoms with Crippen molar-refractivity contribution in [1.29, 1.82) is 0 Å². The number of carbonyl (C=O) groups is 2.